The van der Waals surface area contributed by atoms with E-state index in [0.717, 1.165) is 17.7 Å². The predicted octanol–water partition coefficient (Wildman–Crippen LogP) is 3.40. The number of aryl methyl sites for hydroxylation is 1. The number of rotatable bonds is 3. The molecule has 0 heterocycles. The molecule has 23 heavy (non-hydrogen) atoms. The third-order valence-electron chi connectivity index (χ3n) is 5.86. The Morgan fingerprint density at radius 3 is 2.52 bits per heavy atom. The molecule has 4 rings (SSSR count). The largest absolute Gasteiger partial charge is 0.276 e. The Morgan fingerprint density at radius 2 is 1.83 bits per heavy atom. The van der Waals surface area contributed by atoms with Gasteiger partial charge in [0.15, 0.2) is 0 Å². The first-order valence-corrected chi connectivity index (χ1v) is 9.83. The van der Waals surface area contributed by atoms with Gasteiger partial charge in [-0.3, -0.25) is 0 Å². The van der Waals surface area contributed by atoms with E-state index in [1.807, 2.05) is 6.92 Å². The van der Waals surface area contributed by atoms with E-state index in [1.54, 1.807) is 24.3 Å². The van der Waals surface area contributed by atoms with Crippen LogP contribution in [0, 0.1) is 24.2 Å². The highest BCUT2D eigenvalue weighted by atomic mass is 32.2. The van der Waals surface area contributed by atoms with E-state index in [1.165, 1.54) is 25.7 Å². The maximum atomic E-state index is 12.4. The topological polar surface area (TPSA) is 58.5 Å². The standard InChI is InChI=1S/C18H22N2O2S/c1-13-4-7-15(8-5-13)23(21,22)20-19-17-12-14-6-9-16(17)18(14)10-2-3-11-18/h4-9,14,16,20H,2-3,10-12H2,1H3/b19-17+/t14-,16+/m1/s1. The third-order valence-corrected chi connectivity index (χ3v) is 7.08. The summed E-state index contributed by atoms with van der Waals surface area (Å²) in [6.45, 7) is 1.94. The van der Waals surface area contributed by atoms with Crippen LogP contribution in [0.1, 0.15) is 37.7 Å². The SMILES string of the molecule is Cc1ccc(S(=O)(=O)N/N=C2\C[C@H]3C=C[C@@H]2C32CCCC2)cc1. The van der Waals surface area contributed by atoms with E-state index in [2.05, 4.69) is 22.1 Å². The molecule has 2 saturated carbocycles. The van der Waals surface area contributed by atoms with Crippen LogP contribution in [0.25, 0.3) is 0 Å². The highest BCUT2D eigenvalue weighted by Gasteiger charge is 2.55. The van der Waals surface area contributed by atoms with Gasteiger partial charge in [0, 0.05) is 11.6 Å². The summed E-state index contributed by atoms with van der Waals surface area (Å²) < 4.78 is 24.8. The zero-order chi connectivity index (χ0) is 16.1. The van der Waals surface area contributed by atoms with Crippen molar-refractivity contribution >= 4 is 15.7 Å². The van der Waals surface area contributed by atoms with Gasteiger partial charge in [0.05, 0.1) is 4.90 Å². The Morgan fingerprint density at radius 1 is 1.13 bits per heavy atom. The molecule has 4 nitrogen and oxygen atoms in total. The molecule has 1 N–H and O–H groups in total. The Labute approximate surface area is 137 Å². The maximum absolute atomic E-state index is 12.4. The summed E-state index contributed by atoms with van der Waals surface area (Å²) in [5, 5.41) is 4.32. The molecular weight excluding hydrogens is 308 g/mol. The van der Waals surface area contributed by atoms with Crippen molar-refractivity contribution in [2.24, 2.45) is 22.4 Å². The molecule has 0 aromatic heterocycles. The molecule has 5 heteroatoms. The Hall–Kier alpha value is -1.62. The van der Waals surface area contributed by atoms with Gasteiger partial charge in [0.2, 0.25) is 0 Å². The van der Waals surface area contributed by atoms with Crippen molar-refractivity contribution in [2.75, 3.05) is 0 Å². The van der Waals surface area contributed by atoms with Crippen LogP contribution in [-0.4, -0.2) is 14.1 Å². The normalized spacial score (nSPS) is 29.7. The fourth-order valence-corrected chi connectivity index (χ4v) is 5.48. The van der Waals surface area contributed by atoms with E-state index in [9.17, 15) is 8.42 Å². The van der Waals surface area contributed by atoms with E-state index in [4.69, 9.17) is 0 Å². The number of allylic oxidation sites excluding steroid dienone is 2. The van der Waals surface area contributed by atoms with Gasteiger partial charge in [-0.15, -0.1) is 0 Å². The minimum Gasteiger partial charge on any atom is -0.200 e. The lowest BCUT2D eigenvalue weighted by atomic mass is 9.75. The van der Waals surface area contributed by atoms with Gasteiger partial charge in [0.25, 0.3) is 10.0 Å². The van der Waals surface area contributed by atoms with Crippen LogP contribution in [-0.2, 0) is 10.0 Å². The number of nitrogens with one attached hydrogen (secondary N) is 1. The molecule has 0 amide bonds. The lowest BCUT2D eigenvalue weighted by molar-refractivity contribution is 0.230. The van der Waals surface area contributed by atoms with Gasteiger partial charge in [-0.1, -0.05) is 42.7 Å². The Kier molecular flexibility index (Phi) is 3.38. The average molecular weight is 330 g/mol. The second-order valence-electron chi connectivity index (χ2n) is 7.12. The number of hydrogen-bond donors (Lipinski definition) is 1. The quantitative estimate of drug-likeness (QED) is 0.682. The molecule has 2 fully saturated rings. The number of hydrazone groups is 1. The van der Waals surface area contributed by atoms with Crippen LogP contribution in [0.15, 0.2) is 46.4 Å². The first-order valence-electron chi connectivity index (χ1n) is 8.35. The third kappa shape index (κ3) is 2.33. The van der Waals surface area contributed by atoms with Crippen LogP contribution in [0.4, 0.5) is 0 Å². The second kappa shape index (κ2) is 5.20. The van der Waals surface area contributed by atoms with Gasteiger partial charge in [-0.2, -0.15) is 13.5 Å². The molecule has 0 aliphatic heterocycles. The van der Waals surface area contributed by atoms with Crippen molar-refractivity contribution < 1.29 is 8.42 Å². The molecule has 2 bridgehead atoms. The molecule has 0 unspecified atom stereocenters. The molecule has 1 aromatic carbocycles. The number of benzene rings is 1. The van der Waals surface area contributed by atoms with Crippen molar-refractivity contribution in [1.29, 1.82) is 0 Å². The van der Waals surface area contributed by atoms with Crippen molar-refractivity contribution in [3.05, 3.63) is 42.0 Å². The average Bonchev–Trinajstić information content (AvgIpc) is 3.23. The number of hydrogen-bond acceptors (Lipinski definition) is 3. The minimum absolute atomic E-state index is 0.265. The molecule has 3 aliphatic carbocycles. The van der Waals surface area contributed by atoms with E-state index in [0.29, 0.717) is 17.3 Å². The van der Waals surface area contributed by atoms with E-state index < -0.39 is 10.0 Å². The van der Waals surface area contributed by atoms with Crippen molar-refractivity contribution in [3.63, 3.8) is 0 Å². The summed E-state index contributed by atoms with van der Waals surface area (Å²) in [6, 6.07) is 6.85. The summed E-state index contributed by atoms with van der Waals surface area (Å²) in [4.78, 5) is 2.72. The van der Waals surface area contributed by atoms with Gasteiger partial charge < -0.3 is 0 Å². The van der Waals surface area contributed by atoms with Gasteiger partial charge in [-0.25, -0.2) is 4.83 Å². The van der Waals surface area contributed by atoms with E-state index in [-0.39, 0.29) is 4.90 Å². The summed E-state index contributed by atoms with van der Waals surface area (Å²) in [5.74, 6) is 0.883. The molecule has 0 saturated heterocycles. The summed E-state index contributed by atoms with van der Waals surface area (Å²) >= 11 is 0. The highest BCUT2D eigenvalue weighted by Crippen LogP contribution is 2.60. The van der Waals surface area contributed by atoms with Crippen LogP contribution >= 0.6 is 0 Å². The zero-order valence-corrected chi connectivity index (χ0v) is 14.1. The molecular formula is C18H22N2O2S. The zero-order valence-electron chi connectivity index (χ0n) is 13.3. The lowest BCUT2D eigenvalue weighted by Crippen LogP contribution is -2.26. The number of sulfonamides is 1. The molecule has 0 radical (unpaired) electrons. The maximum Gasteiger partial charge on any atom is 0.276 e. The van der Waals surface area contributed by atoms with Gasteiger partial charge in [-0.05, 0) is 49.7 Å². The van der Waals surface area contributed by atoms with Crippen molar-refractivity contribution in [1.82, 2.24) is 4.83 Å². The van der Waals surface area contributed by atoms with E-state index >= 15 is 0 Å². The molecule has 1 aromatic rings. The van der Waals surface area contributed by atoms with Crippen LogP contribution < -0.4 is 4.83 Å². The van der Waals surface area contributed by atoms with Crippen molar-refractivity contribution in [2.45, 2.75) is 43.9 Å². The lowest BCUT2D eigenvalue weighted by Gasteiger charge is -2.28. The smallest absolute Gasteiger partial charge is 0.200 e. The predicted molar refractivity (Wildman–Crippen MR) is 90.6 cm³/mol. The van der Waals surface area contributed by atoms with Crippen molar-refractivity contribution in [3.8, 4) is 0 Å². The van der Waals surface area contributed by atoms with Gasteiger partial charge in [0.1, 0.15) is 0 Å². The van der Waals surface area contributed by atoms with Crippen LogP contribution in [0.2, 0.25) is 0 Å². The molecule has 1 spiro atoms. The molecule has 122 valence electrons. The monoisotopic (exact) mass is 330 g/mol. The molecule has 2 atom stereocenters. The second-order valence-corrected chi connectivity index (χ2v) is 8.79. The summed E-state index contributed by atoms with van der Waals surface area (Å²) in [6.07, 6.45) is 10.5. The highest BCUT2D eigenvalue weighted by molar-refractivity contribution is 7.89. The summed E-state index contributed by atoms with van der Waals surface area (Å²) in [5.41, 5.74) is 2.39. The fraction of sp³-hybridized carbons (Fsp3) is 0.500. The first-order chi connectivity index (χ1) is 11.0. The first kappa shape index (κ1) is 14.9. The summed E-state index contributed by atoms with van der Waals surface area (Å²) in [7, 11) is -3.58. The fourth-order valence-electron chi connectivity index (χ4n) is 4.64. The minimum atomic E-state index is -3.58. The Balaban J connectivity index is 1.56. The van der Waals surface area contributed by atoms with Gasteiger partial charge >= 0.3 is 0 Å². The van der Waals surface area contributed by atoms with Crippen LogP contribution in [0.5, 0.6) is 0 Å². The Bertz CT molecular complexity index is 772. The van der Waals surface area contributed by atoms with Crippen LogP contribution in [0.3, 0.4) is 0 Å². The molecule has 3 aliphatic rings. The number of nitrogens with zero attached hydrogens (tertiary/aromatic N) is 1.